The molecule has 0 aliphatic carbocycles. The minimum absolute atomic E-state index is 0.114. The molecule has 0 saturated carbocycles. The van der Waals surface area contributed by atoms with Gasteiger partial charge in [0.15, 0.2) is 0 Å². The molecule has 8 nitrogen and oxygen atoms in total. The zero-order chi connectivity index (χ0) is 26.0. The summed E-state index contributed by atoms with van der Waals surface area (Å²) in [6.07, 6.45) is 0. The van der Waals surface area contributed by atoms with Crippen LogP contribution in [0.4, 0.5) is 11.4 Å². The number of ether oxygens (including phenoxy) is 2. The Morgan fingerprint density at radius 1 is 0.972 bits per heavy atom. The van der Waals surface area contributed by atoms with E-state index >= 15 is 0 Å². The van der Waals surface area contributed by atoms with Crippen molar-refractivity contribution in [2.45, 2.75) is 13.0 Å². The summed E-state index contributed by atoms with van der Waals surface area (Å²) >= 11 is 6.30. The van der Waals surface area contributed by atoms with Gasteiger partial charge in [-0.1, -0.05) is 41.9 Å². The highest BCUT2D eigenvalue weighted by atomic mass is 35.5. The minimum atomic E-state index is -0.927. The first kappa shape index (κ1) is 24.8. The van der Waals surface area contributed by atoms with E-state index in [-0.39, 0.29) is 27.8 Å². The molecule has 9 heteroatoms. The van der Waals surface area contributed by atoms with Gasteiger partial charge < -0.3 is 19.9 Å². The van der Waals surface area contributed by atoms with Gasteiger partial charge in [0.1, 0.15) is 17.3 Å². The molecule has 0 spiro atoms. The fourth-order valence-corrected chi connectivity index (χ4v) is 4.39. The van der Waals surface area contributed by atoms with Crippen LogP contribution in [0.3, 0.4) is 0 Å². The van der Waals surface area contributed by atoms with Crippen molar-refractivity contribution in [3.05, 3.63) is 88.5 Å². The molecule has 0 aromatic heterocycles. The molecule has 1 saturated heterocycles. The van der Waals surface area contributed by atoms with Gasteiger partial charge >= 0.3 is 0 Å². The highest BCUT2D eigenvalue weighted by Crippen LogP contribution is 2.44. The van der Waals surface area contributed by atoms with Crippen LogP contribution in [0.1, 0.15) is 24.1 Å². The van der Waals surface area contributed by atoms with Crippen LogP contribution in [-0.2, 0) is 14.4 Å². The standard InChI is InChI=1S/C27H23ClN2O6/c1-15(31)29-17-9-11-18(12-10-17)30-24(16-7-5-4-6-8-16)23(26(33)27(30)34)25(32)19-13-20(28)22(36-3)14-21(19)35-2/h4-14,24,32H,1-3H3,(H,29,31)/b25-23+. The SMILES string of the molecule is COc1cc(OC)c(/C(O)=C2\C(=O)C(=O)N(c3ccc(NC(C)=O)cc3)C2c2ccccc2)cc1Cl. The first-order valence-electron chi connectivity index (χ1n) is 10.9. The molecule has 1 heterocycles. The van der Waals surface area contributed by atoms with Crippen molar-refractivity contribution in [1.82, 2.24) is 0 Å². The molecule has 3 aromatic carbocycles. The number of nitrogens with one attached hydrogen (secondary N) is 1. The van der Waals surface area contributed by atoms with Crippen molar-refractivity contribution in [3.63, 3.8) is 0 Å². The predicted octanol–water partition coefficient (Wildman–Crippen LogP) is 4.94. The molecule has 36 heavy (non-hydrogen) atoms. The minimum Gasteiger partial charge on any atom is -0.507 e. The number of carbonyl (C=O) groups excluding carboxylic acids is 3. The van der Waals surface area contributed by atoms with Crippen molar-refractivity contribution < 1.29 is 29.0 Å². The first-order chi connectivity index (χ1) is 17.3. The summed E-state index contributed by atoms with van der Waals surface area (Å²) in [5.74, 6) is -1.80. The topological polar surface area (TPSA) is 105 Å². The lowest BCUT2D eigenvalue weighted by Crippen LogP contribution is -2.29. The molecular formula is C27H23ClN2O6. The molecule has 2 amide bonds. The molecule has 1 aliphatic heterocycles. The molecule has 3 aromatic rings. The number of methoxy groups -OCH3 is 2. The molecule has 184 valence electrons. The second-order valence-corrected chi connectivity index (χ2v) is 8.40. The van der Waals surface area contributed by atoms with Gasteiger partial charge in [0, 0.05) is 24.4 Å². The number of ketones is 1. The maximum Gasteiger partial charge on any atom is 0.300 e. The van der Waals surface area contributed by atoms with Gasteiger partial charge in [-0.25, -0.2) is 0 Å². The van der Waals surface area contributed by atoms with E-state index in [1.54, 1.807) is 48.5 Å². The van der Waals surface area contributed by atoms with E-state index in [4.69, 9.17) is 21.1 Å². The number of halogens is 1. The molecule has 0 radical (unpaired) electrons. The van der Waals surface area contributed by atoms with Crippen molar-refractivity contribution in [1.29, 1.82) is 0 Å². The van der Waals surface area contributed by atoms with E-state index in [2.05, 4.69) is 5.32 Å². The lowest BCUT2D eigenvalue weighted by Gasteiger charge is -2.25. The lowest BCUT2D eigenvalue weighted by atomic mass is 9.94. The molecular weight excluding hydrogens is 484 g/mol. The third-order valence-electron chi connectivity index (χ3n) is 5.75. The molecule has 1 fully saturated rings. The van der Waals surface area contributed by atoms with Gasteiger partial charge in [0.05, 0.1) is 36.4 Å². The zero-order valence-corrected chi connectivity index (χ0v) is 20.5. The number of benzene rings is 3. The molecule has 1 unspecified atom stereocenters. The van der Waals surface area contributed by atoms with Crippen molar-refractivity contribution in [2.24, 2.45) is 0 Å². The maximum absolute atomic E-state index is 13.3. The van der Waals surface area contributed by atoms with Crippen molar-refractivity contribution in [2.75, 3.05) is 24.4 Å². The summed E-state index contributed by atoms with van der Waals surface area (Å²) in [5, 5.41) is 14.3. The Balaban J connectivity index is 1.91. The lowest BCUT2D eigenvalue weighted by molar-refractivity contribution is -0.132. The van der Waals surface area contributed by atoms with Crippen LogP contribution in [0.2, 0.25) is 5.02 Å². The number of carbonyl (C=O) groups is 3. The van der Waals surface area contributed by atoms with Gasteiger partial charge in [-0.2, -0.15) is 0 Å². The normalized spacial score (nSPS) is 16.7. The average molecular weight is 507 g/mol. The Kier molecular flexibility index (Phi) is 6.98. The number of aliphatic hydroxyl groups excluding tert-OH is 1. The summed E-state index contributed by atoms with van der Waals surface area (Å²) < 4.78 is 10.6. The van der Waals surface area contributed by atoms with Crippen LogP contribution in [0.5, 0.6) is 11.5 Å². The second-order valence-electron chi connectivity index (χ2n) is 7.99. The highest BCUT2D eigenvalue weighted by Gasteiger charge is 2.47. The Bertz CT molecular complexity index is 1370. The van der Waals surface area contributed by atoms with E-state index in [0.717, 1.165) is 0 Å². The van der Waals surface area contributed by atoms with Gasteiger partial charge in [0.2, 0.25) is 5.91 Å². The zero-order valence-electron chi connectivity index (χ0n) is 19.7. The predicted molar refractivity (Wildman–Crippen MR) is 137 cm³/mol. The van der Waals surface area contributed by atoms with Crippen LogP contribution in [0.25, 0.3) is 5.76 Å². The monoisotopic (exact) mass is 506 g/mol. The van der Waals surface area contributed by atoms with Gasteiger partial charge in [-0.05, 0) is 35.9 Å². The Morgan fingerprint density at radius 3 is 2.19 bits per heavy atom. The summed E-state index contributed by atoms with van der Waals surface area (Å²) in [6, 6.07) is 17.4. The highest BCUT2D eigenvalue weighted by molar-refractivity contribution is 6.51. The van der Waals surface area contributed by atoms with E-state index < -0.39 is 23.5 Å². The second kappa shape index (κ2) is 10.1. The van der Waals surface area contributed by atoms with Crippen LogP contribution in [0.15, 0.2) is 72.3 Å². The molecule has 1 aliphatic rings. The van der Waals surface area contributed by atoms with Crippen LogP contribution < -0.4 is 19.7 Å². The number of Topliss-reactive ketones (excluding diaryl/α,β-unsaturated/α-hetero) is 1. The van der Waals surface area contributed by atoms with Crippen molar-refractivity contribution >= 4 is 46.3 Å². The molecule has 1 atom stereocenters. The van der Waals surface area contributed by atoms with Gasteiger partial charge in [0.25, 0.3) is 11.7 Å². The van der Waals surface area contributed by atoms with Crippen LogP contribution in [0, 0.1) is 0 Å². The number of amides is 2. The number of nitrogens with zero attached hydrogens (tertiary/aromatic N) is 1. The van der Waals surface area contributed by atoms with Crippen LogP contribution in [-0.4, -0.2) is 36.9 Å². The Morgan fingerprint density at radius 2 is 1.61 bits per heavy atom. The first-order valence-corrected chi connectivity index (χ1v) is 11.3. The number of rotatable bonds is 6. The van der Waals surface area contributed by atoms with Gasteiger partial charge in [-0.15, -0.1) is 0 Å². The molecule has 0 bridgehead atoms. The third-order valence-corrected chi connectivity index (χ3v) is 6.05. The number of aliphatic hydroxyl groups is 1. The summed E-state index contributed by atoms with van der Waals surface area (Å²) in [5.41, 5.74) is 1.60. The fraction of sp³-hybridized carbons (Fsp3) is 0.148. The van der Waals surface area contributed by atoms with Crippen molar-refractivity contribution in [3.8, 4) is 11.5 Å². The summed E-state index contributed by atoms with van der Waals surface area (Å²) in [6.45, 7) is 1.39. The van der Waals surface area contributed by atoms with Gasteiger partial charge in [-0.3, -0.25) is 19.3 Å². The Labute approximate surface area is 212 Å². The quantitative estimate of drug-likeness (QED) is 0.279. The van der Waals surface area contributed by atoms with E-state index in [1.807, 2.05) is 6.07 Å². The molecule has 4 rings (SSSR count). The summed E-state index contributed by atoms with van der Waals surface area (Å²) in [4.78, 5) is 39.3. The average Bonchev–Trinajstić information content (AvgIpc) is 3.14. The fourth-order valence-electron chi connectivity index (χ4n) is 4.15. The van der Waals surface area contributed by atoms with E-state index in [9.17, 15) is 19.5 Å². The number of hydrogen-bond acceptors (Lipinski definition) is 6. The summed E-state index contributed by atoms with van der Waals surface area (Å²) in [7, 11) is 2.85. The smallest absolute Gasteiger partial charge is 0.300 e. The number of hydrogen-bond donors (Lipinski definition) is 2. The third kappa shape index (κ3) is 4.50. The Hall–Kier alpha value is -4.30. The van der Waals surface area contributed by atoms with Crippen LogP contribution >= 0.6 is 11.6 Å². The van der Waals surface area contributed by atoms with E-state index in [0.29, 0.717) is 22.7 Å². The maximum atomic E-state index is 13.3. The molecule has 2 N–H and O–H groups in total. The largest absolute Gasteiger partial charge is 0.507 e. The van der Waals surface area contributed by atoms with E-state index in [1.165, 1.54) is 38.2 Å². The number of anilines is 2.